The van der Waals surface area contributed by atoms with Gasteiger partial charge in [0.25, 0.3) is 5.56 Å². The lowest BCUT2D eigenvalue weighted by Gasteiger charge is -2.35. The van der Waals surface area contributed by atoms with Gasteiger partial charge in [0.1, 0.15) is 0 Å². The van der Waals surface area contributed by atoms with Crippen LogP contribution in [0.2, 0.25) is 0 Å². The van der Waals surface area contributed by atoms with E-state index in [1.165, 1.54) is 10.1 Å². The summed E-state index contributed by atoms with van der Waals surface area (Å²) in [5.74, 6) is 0. The molecule has 1 unspecified atom stereocenters. The Hall–Kier alpha value is -2.40. The molecule has 0 fully saturated rings. The van der Waals surface area contributed by atoms with E-state index in [9.17, 15) is 9.59 Å². The SMILES string of the molecule is CCC1(C)Cc2ccccc2-c2[nH]c(=O)n(-c3cccc(Br)c3)c(=O)c21. The summed E-state index contributed by atoms with van der Waals surface area (Å²) >= 11 is 3.41. The van der Waals surface area contributed by atoms with Crippen molar-refractivity contribution < 1.29 is 0 Å². The van der Waals surface area contributed by atoms with Gasteiger partial charge in [0.2, 0.25) is 0 Å². The van der Waals surface area contributed by atoms with Gasteiger partial charge in [-0.25, -0.2) is 9.36 Å². The molecule has 0 radical (unpaired) electrons. The number of hydrogen-bond acceptors (Lipinski definition) is 2. The van der Waals surface area contributed by atoms with Gasteiger partial charge in [0.05, 0.1) is 11.4 Å². The number of benzene rings is 2. The predicted octanol–water partition coefficient (Wildman–Crippen LogP) is 4.18. The lowest BCUT2D eigenvalue weighted by molar-refractivity contribution is 0.437. The quantitative estimate of drug-likeness (QED) is 0.688. The van der Waals surface area contributed by atoms with Gasteiger partial charge in [-0.05, 0) is 36.6 Å². The summed E-state index contributed by atoms with van der Waals surface area (Å²) in [4.78, 5) is 29.3. The average Bonchev–Trinajstić information content (AvgIpc) is 2.61. The van der Waals surface area contributed by atoms with Crippen LogP contribution >= 0.6 is 15.9 Å². The van der Waals surface area contributed by atoms with Gasteiger partial charge in [-0.2, -0.15) is 0 Å². The summed E-state index contributed by atoms with van der Waals surface area (Å²) in [7, 11) is 0. The molecule has 4 rings (SSSR count). The Labute approximate surface area is 159 Å². The van der Waals surface area contributed by atoms with Crippen molar-refractivity contribution in [1.29, 1.82) is 0 Å². The molecule has 2 aromatic carbocycles. The Bertz CT molecular complexity index is 1130. The van der Waals surface area contributed by atoms with E-state index >= 15 is 0 Å². The third-order valence-corrected chi connectivity index (χ3v) is 5.91. The maximum absolute atomic E-state index is 13.5. The Morgan fingerprint density at radius 3 is 2.65 bits per heavy atom. The van der Waals surface area contributed by atoms with Gasteiger partial charge >= 0.3 is 5.69 Å². The number of fused-ring (bicyclic) bond motifs is 3. The van der Waals surface area contributed by atoms with E-state index in [2.05, 4.69) is 40.8 Å². The molecule has 0 aliphatic heterocycles. The van der Waals surface area contributed by atoms with Crippen LogP contribution in [0.3, 0.4) is 0 Å². The minimum atomic E-state index is -0.415. The van der Waals surface area contributed by atoms with E-state index in [4.69, 9.17) is 0 Å². The zero-order valence-electron chi connectivity index (χ0n) is 14.7. The van der Waals surface area contributed by atoms with Gasteiger partial charge in [0.15, 0.2) is 0 Å². The summed E-state index contributed by atoms with van der Waals surface area (Å²) in [5.41, 5.74) is 3.06. The fourth-order valence-corrected chi connectivity index (χ4v) is 4.26. The predicted molar refractivity (Wildman–Crippen MR) is 107 cm³/mol. The highest BCUT2D eigenvalue weighted by molar-refractivity contribution is 9.10. The molecule has 1 aromatic heterocycles. The summed E-state index contributed by atoms with van der Waals surface area (Å²) in [6.07, 6.45) is 1.60. The van der Waals surface area contributed by atoms with Crippen molar-refractivity contribution in [2.75, 3.05) is 0 Å². The van der Waals surface area contributed by atoms with Crippen LogP contribution in [0.25, 0.3) is 16.9 Å². The molecule has 1 aliphatic carbocycles. The lowest BCUT2D eigenvalue weighted by atomic mass is 9.69. The molecule has 5 heteroatoms. The third kappa shape index (κ3) is 2.50. The number of nitrogens with zero attached hydrogens (tertiary/aromatic N) is 1. The molecule has 4 nitrogen and oxygen atoms in total. The Balaban J connectivity index is 2.10. The van der Waals surface area contributed by atoms with Crippen LogP contribution < -0.4 is 11.2 Å². The van der Waals surface area contributed by atoms with Crippen LogP contribution in [0.4, 0.5) is 0 Å². The first-order valence-electron chi connectivity index (χ1n) is 8.68. The number of H-pyrrole nitrogens is 1. The molecule has 0 saturated carbocycles. The summed E-state index contributed by atoms with van der Waals surface area (Å²) < 4.78 is 2.06. The van der Waals surface area contributed by atoms with Crippen molar-refractivity contribution in [2.45, 2.75) is 32.1 Å². The second-order valence-electron chi connectivity index (χ2n) is 7.05. The maximum Gasteiger partial charge on any atom is 0.333 e. The minimum absolute atomic E-state index is 0.235. The monoisotopic (exact) mass is 410 g/mol. The second kappa shape index (κ2) is 6.09. The Kier molecular flexibility index (Phi) is 3.99. The van der Waals surface area contributed by atoms with Gasteiger partial charge in [-0.3, -0.25) is 4.79 Å². The van der Waals surface area contributed by atoms with Crippen molar-refractivity contribution in [2.24, 2.45) is 0 Å². The van der Waals surface area contributed by atoms with Gasteiger partial charge in [-0.1, -0.05) is 60.1 Å². The molecular weight excluding hydrogens is 392 g/mol. The molecule has 1 atom stereocenters. The van der Waals surface area contributed by atoms with E-state index in [0.717, 1.165) is 22.9 Å². The van der Waals surface area contributed by atoms with Crippen LogP contribution in [0.5, 0.6) is 0 Å². The number of rotatable bonds is 2. The topological polar surface area (TPSA) is 54.9 Å². The highest BCUT2D eigenvalue weighted by Gasteiger charge is 2.37. The number of aromatic nitrogens is 2. The molecule has 0 saturated heterocycles. The van der Waals surface area contributed by atoms with Crippen LogP contribution in [-0.2, 0) is 11.8 Å². The van der Waals surface area contributed by atoms with Crippen molar-refractivity contribution in [3.8, 4) is 16.9 Å². The minimum Gasteiger partial charge on any atom is -0.306 e. The van der Waals surface area contributed by atoms with E-state index in [0.29, 0.717) is 16.9 Å². The molecular formula is C21H19BrN2O2. The van der Waals surface area contributed by atoms with E-state index < -0.39 is 5.69 Å². The largest absolute Gasteiger partial charge is 0.333 e. The molecule has 26 heavy (non-hydrogen) atoms. The Morgan fingerprint density at radius 2 is 1.92 bits per heavy atom. The first-order chi connectivity index (χ1) is 12.4. The number of aromatic amines is 1. The van der Waals surface area contributed by atoms with E-state index in [1.54, 1.807) is 12.1 Å². The third-order valence-electron chi connectivity index (χ3n) is 5.42. The van der Waals surface area contributed by atoms with Crippen LogP contribution in [-0.4, -0.2) is 9.55 Å². The lowest BCUT2D eigenvalue weighted by Crippen LogP contribution is -2.44. The molecule has 1 aliphatic rings. The first kappa shape index (κ1) is 17.0. The zero-order chi connectivity index (χ0) is 18.5. The fourth-order valence-electron chi connectivity index (χ4n) is 3.88. The molecule has 0 bridgehead atoms. The maximum atomic E-state index is 13.5. The van der Waals surface area contributed by atoms with Crippen molar-refractivity contribution >= 4 is 15.9 Å². The summed E-state index contributed by atoms with van der Waals surface area (Å²) in [5, 5.41) is 0. The standard InChI is InChI=1S/C21H19BrN2O2/c1-3-21(2)12-13-7-4-5-10-16(13)18-17(21)19(25)24(20(26)23-18)15-9-6-8-14(22)11-15/h4-11H,3,12H2,1-2H3,(H,23,26). The van der Waals surface area contributed by atoms with Crippen LogP contribution in [0.1, 0.15) is 31.4 Å². The van der Waals surface area contributed by atoms with Crippen molar-refractivity contribution in [1.82, 2.24) is 9.55 Å². The van der Waals surface area contributed by atoms with Crippen molar-refractivity contribution in [3.05, 3.63) is 85.0 Å². The summed E-state index contributed by atoms with van der Waals surface area (Å²) in [6, 6.07) is 15.2. The molecule has 1 N–H and O–H groups in total. The molecule has 0 spiro atoms. The van der Waals surface area contributed by atoms with Gasteiger partial charge < -0.3 is 4.98 Å². The molecule has 3 aromatic rings. The fraction of sp³-hybridized carbons (Fsp3) is 0.238. The van der Waals surface area contributed by atoms with E-state index in [-0.39, 0.29) is 11.0 Å². The van der Waals surface area contributed by atoms with Crippen LogP contribution in [0, 0.1) is 0 Å². The highest BCUT2D eigenvalue weighted by atomic mass is 79.9. The van der Waals surface area contributed by atoms with Gasteiger partial charge in [0, 0.05) is 21.0 Å². The average molecular weight is 411 g/mol. The molecule has 1 heterocycles. The van der Waals surface area contributed by atoms with Crippen LogP contribution in [0.15, 0.2) is 62.6 Å². The second-order valence-corrected chi connectivity index (χ2v) is 7.96. The highest BCUT2D eigenvalue weighted by Crippen LogP contribution is 2.41. The first-order valence-corrected chi connectivity index (χ1v) is 9.48. The summed E-state index contributed by atoms with van der Waals surface area (Å²) in [6.45, 7) is 4.19. The number of hydrogen-bond donors (Lipinski definition) is 1. The molecule has 132 valence electrons. The Morgan fingerprint density at radius 1 is 1.15 bits per heavy atom. The van der Waals surface area contributed by atoms with Crippen molar-refractivity contribution in [3.63, 3.8) is 0 Å². The zero-order valence-corrected chi connectivity index (χ0v) is 16.3. The number of nitrogens with one attached hydrogen (secondary N) is 1. The number of halogens is 1. The van der Waals surface area contributed by atoms with Gasteiger partial charge in [-0.15, -0.1) is 0 Å². The smallest absolute Gasteiger partial charge is 0.306 e. The van der Waals surface area contributed by atoms with E-state index in [1.807, 2.05) is 30.3 Å². The normalized spacial score (nSPS) is 18.3. The molecule has 0 amide bonds.